The lowest BCUT2D eigenvalue weighted by atomic mass is 10.1. The molecule has 2 N–H and O–H groups in total. The molecule has 0 heterocycles. The second-order valence-corrected chi connectivity index (χ2v) is 4.75. The van der Waals surface area contributed by atoms with E-state index in [2.05, 4.69) is 16.3 Å². The van der Waals surface area contributed by atoms with Crippen molar-refractivity contribution < 1.29 is 9.84 Å². The van der Waals surface area contributed by atoms with Crippen LogP contribution in [-0.2, 0) is 4.74 Å². The van der Waals surface area contributed by atoms with Crippen molar-refractivity contribution in [3.63, 3.8) is 0 Å². The van der Waals surface area contributed by atoms with Crippen LogP contribution in [0.3, 0.4) is 0 Å². The molecule has 110 valence electrons. The fourth-order valence-electron chi connectivity index (χ4n) is 1.77. The van der Waals surface area contributed by atoms with Crippen molar-refractivity contribution in [3.8, 4) is 6.07 Å². The number of ether oxygens (including phenoxy) is 1. The van der Waals surface area contributed by atoms with Crippen molar-refractivity contribution in [2.24, 2.45) is 0 Å². The van der Waals surface area contributed by atoms with Crippen molar-refractivity contribution in [3.05, 3.63) is 35.4 Å². The molecular formula is C15H23N3O2. The van der Waals surface area contributed by atoms with E-state index in [-0.39, 0.29) is 0 Å². The largest absolute Gasteiger partial charge is 0.387 e. The molecule has 1 rings (SSSR count). The van der Waals surface area contributed by atoms with Crippen LogP contribution in [0.2, 0.25) is 0 Å². The lowest BCUT2D eigenvalue weighted by Gasteiger charge is -2.17. The first kappa shape index (κ1) is 16.6. The molecular weight excluding hydrogens is 254 g/mol. The molecule has 0 spiro atoms. The Bertz CT molecular complexity index is 414. The summed E-state index contributed by atoms with van der Waals surface area (Å²) in [7, 11) is 3.73. The number of methoxy groups -OCH3 is 1. The van der Waals surface area contributed by atoms with Crippen LogP contribution in [0, 0.1) is 11.3 Å². The van der Waals surface area contributed by atoms with Crippen LogP contribution in [0.15, 0.2) is 24.3 Å². The lowest BCUT2D eigenvalue weighted by Crippen LogP contribution is -2.33. The van der Waals surface area contributed by atoms with Gasteiger partial charge in [0.15, 0.2) is 0 Å². The summed E-state index contributed by atoms with van der Waals surface area (Å²) in [4.78, 5) is 2.17. The van der Waals surface area contributed by atoms with Gasteiger partial charge >= 0.3 is 0 Å². The zero-order valence-electron chi connectivity index (χ0n) is 12.2. The van der Waals surface area contributed by atoms with E-state index in [9.17, 15) is 5.11 Å². The second-order valence-electron chi connectivity index (χ2n) is 4.75. The quantitative estimate of drug-likeness (QED) is 0.652. The summed E-state index contributed by atoms with van der Waals surface area (Å²) in [6, 6.07) is 9.07. The van der Waals surface area contributed by atoms with E-state index in [4.69, 9.17) is 10.00 Å². The van der Waals surface area contributed by atoms with Gasteiger partial charge in [0.1, 0.15) is 0 Å². The minimum Gasteiger partial charge on any atom is -0.387 e. The summed E-state index contributed by atoms with van der Waals surface area (Å²) in [5.74, 6) is 0. The summed E-state index contributed by atoms with van der Waals surface area (Å²) in [6.45, 7) is 3.85. The number of nitrogens with one attached hydrogen (secondary N) is 1. The number of hydrogen-bond donors (Lipinski definition) is 2. The highest BCUT2D eigenvalue weighted by atomic mass is 16.5. The molecule has 0 radical (unpaired) electrons. The van der Waals surface area contributed by atoms with Crippen LogP contribution in [0.25, 0.3) is 0 Å². The molecule has 0 aliphatic rings. The fourth-order valence-corrected chi connectivity index (χ4v) is 1.77. The number of benzene rings is 1. The Morgan fingerprint density at radius 3 is 2.65 bits per heavy atom. The predicted octanol–water partition coefficient (Wildman–Crippen LogP) is 0.759. The highest BCUT2D eigenvalue weighted by molar-refractivity contribution is 5.32. The standard InChI is InChI=1S/C15H23N3O2/c1-18(9-10-20-2)8-7-17-12-15(19)14-5-3-13(11-16)4-6-14/h3-6,15,17,19H,7-10,12H2,1-2H3. The second kappa shape index (κ2) is 9.45. The monoisotopic (exact) mass is 277 g/mol. The third kappa shape index (κ3) is 6.13. The normalized spacial score (nSPS) is 12.3. The first-order chi connectivity index (χ1) is 9.67. The Labute approximate surface area is 120 Å². The van der Waals surface area contributed by atoms with E-state index in [1.807, 2.05) is 7.05 Å². The van der Waals surface area contributed by atoms with E-state index in [0.29, 0.717) is 12.1 Å². The Balaban J connectivity index is 2.22. The van der Waals surface area contributed by atoms with E-state index < -0.39 is 6.10 Å². The zero-order valence-corrected chi connectivity index (χ0v) is 12.2. The van der Waals surface area contributed by atoms with Gasteiger partial charge in [0.2, 0.25) is 0 Å². The molecule has 5 heteroatoms. The first-order valence-corrected chi connectivity index (χ1v) is 6.73. The maximum atomic E-state index is 10.0. The van der Waals surface area contributed by atoms with Gasteiger partial charge in [-0.2, -0.15) is 5.26 Å². The predicted molar refractivity (Wildman–Crippen MR) is 78.4 cm³/mol. The molecule has 0 saturated heterocycles. The van der Waals surface area contributed by atoms with Crippen LogP contribution >= 0.6 is 0 Å². The number of hydrogen-bond acceptors (Lipinski definition) is 5. The SMILES string of the molecule is COCCN(C)CCNCC(O)c1ccc(C#N)cc1. The van der Waals surface area contributed by atoms with E-state index in [0.717, 1.165) is 31.8 Å². The van der Waals surface area contributed by atoms with Crippen molar-refractivity contribution in [2.75, 3.05) is 46.9 Å². The molecule has 20 heavy (non-hydrogen) atoms. The molecule has 0 aliphatic carbocycles. The molecule has 5 nitrogen and oxygen atoms in total. The number of likely N-dealkylation sites (N-methyl/N-ethyl adjacent to an activating group) is 1. The summed E-state index contributed by atoms with van der Waals surface area (Å²) in [5, 5.41) is 21.9. The molecule has 0 aromatic heterocycles. The Kier molecular flexibility index (Phi) is 7.85. The van der Waals surface area contributed by atoms with Crippen molar-refractivity contribution in [2.45, 2.75) is 6.10 Å². The third-order valence-electron chi connectivity index (χ3n) is 3.11. The van der Waals surface area contributed by atoms with Crippen LogP contribution in [0.5, 0.6) is 0 Å². The highest BCUT2D eigenvalue weighted by Crippen LogP contribution is 2.12. The smallest absolute Gasteiger partial charge is 0.0991 e. The maximum Gasteiger partial charge on any atom is 0.0991 e. The molecule has 1 aromatic carbocycles. The molecule has 1 atom stereocenters. The summed E-state index contributed by atoms with van der Waals surface area (Å²) in [6.07, 6.45) is -0.549. The van der Waals surface area contributed by atoms with Gasteiger partial charge < -0.3 is 20.1 Å². The minimum absolute atomic E-state index is 0.504. The van der Waals surface area contributed by atoms with Crippen LogP contribution in [-0.4, -0.2) is 56.9 Å². The average molecular weight is 277 g/mol. The lowest BCUT2D eigenvalue weighted by molar-refractivity contribution is 0.156. The first-order valence-electron chi connectivity index (χ1n) is 6.73. The van der Waals surface area contributed by atoms with E-state index >= 15 is 0 Å². The van der Waals surface area contributed by atoms with Gasteiger partial charge in [-0.1, -0.05) is 12.1 Å². The Hall–Kier alpha value is -1.45. The minimum atomic E-state index is -0.549. The number of nitrogens with zero attached hydrogens (tertiary/aromatic N) is 2. The zero-order chi connectivity index (χ0) is 14.8. The third-order valence-corrected chi connectivity index (χ3v) is 3.11. The molecule has 0 saturated carbocycles. The molecule has 0 fully saturated rings. The van der Waals surface area contributed by atoms with Gasteiger partial charge in [-0.15, -0.1) is 0 Å². The van der Waals surface area contributed by atoms with Gasteiger partial charge in [-0.25, -0.2) is 0 Å². The van der Waals surface area contributed by atoms with Gasteiger partial charge in [0, 0.05) is 33.3 Å². The van der Waals surface area contributed by atoms with Gasteiger partial charge in [-0.3, -0.25) is 0 Å². The van der Waals surface area contributed by atoms with Gasteiger partial charge in [0.05, 0.1) is 24.3 Å². The van der Waals surface area contributed by atoms with Gasteiger partial charge in [0.25, 0.3) is 0 Å². The van der Waals surface area contributed by atoms with Crippen molar-refractivity contribution in [1.82, 2.24) is 10.2 Å². The molecule has 0 amide bonds. The fraction of sp³-hybridized carbons (Fsp3) is 0.533. The van der Waals surface area contributed by atoms with Crippen LogP contribution in [0.4, 0.5) is 0 Å². The molecule has 1 unspecified atom stereocenters. The maximum absolute atomic E-state index is 10.0. The van der Waals surface area contributed by atoms with E-state index in [1.165, 1.54) is 0 Å². The van der Waals surface area contributed by atoms with Crippen molar-refractivity contribution in [1.29, 1.82) is 5.26 Å². The number of nitriles is 1. The molecule has 1 aromatic rings. The topological polar surface area (TPSA) is 68.5 Å². The van der Waals surface area contributed by atoms with Crippen LogP contribution in [0.1, 0.15) is 17.2 Å². The summed E-state index contributed by atoms with van der Waals surface area (Å²) >= 11 is 0. The van der Waals surface area contributed by atoms with E-state index in [1.54, 1.807) is 31.4 Å². The molecule has 0 bridgehead atoms. The Morgan fingerprint density at radius 2 is 2.05 bits per heavy atom. The highest BCUT2D eigenvalue weighted by Gasteiger charge is 2.07. The summed E-state index contributed by atoms with van der Waals surface area (Å²) < 4.78 is 5.01. The Morgan fingerprint density at radius 1 is 1.35 bits per heavy atom. The number of aliphatic hydroxyl groups excluding tert-OH is 1. The molecule has 0 aliphatic heterocycles. The number of rotatable bonds is 9. The van der Waals surface area contributed by atoms with Crippen LogP contribution < -0.4 is 5.32 Å². The van der Waals surface area contributed by atoms with Gasteiger partial charge in [-0.05, 0) is 24.7 Å². The number of aliphatic hydroxyl groups is 1. The average Bonchev–Trinajstić information content (AvgIpc) is 2.49. The van der Waals surface area contributed by atoms with Crippen molar-refractivity contribution >= 4 is 0 Å². The summed E-state index contributed by atoms with van der Waals surface area (Å²) in [5.41, 5.74) is 1.43.